The van der Waals surface area contributed by atoms with E-state index in [-0.39, 0.29) is 34.5 Å². The first-order valence-corrected chi connectivity index (χ1v) is 5.63. The third-order valence-corrected chi connectivity index (χ3v) is 2.43. The zero-order valence-corrected chi connectivity index (χ0v) is 11.6. The van der Waals surface area contributed by atoms with Crippen molar-refractivity contribution in [3.63, 3.8) is 0 Å². The molecule has 0 aliphatic heterocycles. The average Bonchev–Trinajstić information content (AvgIpc) is 2.14. The summed E-state index contributed by atoms with van der Waals surface area (Å²) >= 11 is 0. The van der Waals surface area contributed by atoms with Crippen LogP contribution in [-0.4, -0.2) is 19.6 Å². The molecule has 0 heterocycles. The van der Waals surface area contributed by atoms with Crippen molar-refractivity contribution < 1.29 is 47.3 Å². The summed E-state index contributed by atoms with van der Waals surface area (Å²) in [6.07, 6.45) is 0.877. The Morgan fingerprint density at radius 3 is 2.20 bits per heavy atom. The Hall–Kier alpha value is -0.0700. The summed E-state index contributed by atoms with van der Waals surface area (Å²) in [4.78, 5) is -0.235. The molecule has 0 atom stereocenters. The maximum Gasteiger partial charge on any atom is 1.00 e. The van der Waals surface area contributed by atoms with E-state index in [4.69, 9.17) is 4.74 Å². The number of rotatable bonds is 4. The molecule has 4 nitrogen and oxygen atoms in total. The van der Waals surface area contributed by atoms with Gasteiger partial charge in [0.2, 0.25) is 0 Å². The largest absolute Gasteiger partial charge is 1.00 e. The van der Waals surface area contributed by atoms with Crippen molar-refractivity contribution in [3.8, 4) is 5.75 Å². The van der Waals surface area contributed by atoms with E-state index < -0.39 is 10.1 Å². The Balaban J connectivity index is 0.00000196. The minimum atomic E-state index is -4.35. The van der Waals surface area contributed by atoms with E-state index >= 15 is 0 Å². The Morgan fingerprint density at radius 1 is 1.27 bits per heavy atom. The fraction of sp³-hybridized carbons (Fsp3) is 0.333. The molecule has 0 radical (unpaired) electrons. The van der Waals surface area contributed by atoms with Crippen molar-refractivity contribution in [1.29, 1.82) is 0 Å². The van der Waals surface area contributed by atoms with Crippen molar-refractivity contribution >= 4 is 10.1 Å². The summed E-state index contributed by atoms with van der Waals surface area (Å²) in [5.41, 5.74) is 0. The van der Waals surface area contributed by atoms with E-state index in [1.165, 1.54) is 24.3 Å². The molecule has 1 aromatic carbocycles. The molecule has 0 unspecified atom stereocenters. The molecule has 0 N–H and O–H groups in total. The maximum atomic E-state index is 10.6. The molecule has 1 aromatic rings. The van der Waals surface area contributed by atoms with Gasteiger partial charge in [0.05, 0.1) is 11.5 Å². The van der Waals surface area contributed by atoms with Crippen molar-refractivity contribution in [3.05, 3.63) is 24.3 Å². The standard InChI is InChI=1S/C9H12O4S.Na/c1-2-7-13-8-3-5-9(6-4-8)14(10,11)12;/h3-6H,2,7H2,1H3,(H,10,11,12);/q;+1/p-1. The van der Waals surface area contributed by atoms with Gasteiger partial charge in [-0.3, -0.25) is 0 Å². The smallest absolute Gasteiger partial charge is 0.744 e. The fourth-order valence-electron chi connectivity index (χ4n) is 0.922. The van der Waals surface area contributed by atoms with Gasteiger partial charge in [0.15, 0.2) is 0 Å². The van der Waals surface area contributed by atoms with Gasteiger partial charge in [-0.05, 0) is 30.7 Å². The van der Waals surface area contributed by atoms with Gasteiger partial charge in [0.25, 0.3) is 0 Å². The van der Waals surface area contributed by atoms with Gasteiger partial charge < -0.3 is 9.29 Å². The molecule has 15 heavy (non-hydrogen) atoms. The van der Waals surface area contributed by atoms with Gasteiger partial charge in [-0.25, -0.2) is 8.42 Å². The SMILES string of the molecule is CCCOc1ccc(S(=O)(=O)[O-])cc1.[Na+]. The Morgan fingerprint density at radius 2 is 1.80 bits per heavy atom. The molecule has 0 aliphatic rings. The monoisotopic (exact) mass is 238 g/mol. The first kappa shape index (κ1) is 14.9. The Kier molecular flexibility index (Phi) is 6.47. The van der Waals surface area contributed by atoms with E-state index in [1.807, 2.05) is 6.92 Å². The minimum absolute atomic E-state index is 0. The molecule has 0 bridgehead atoms. The molecule has 6 heteroatoms. The third kappa shape index (κ3) is 4.99. The molecular formula is C9H11NaO4S. The van der Waals surface area contributed by atoms with Gasteiger partial charge in [-0.2, -0.15) is 0 Å². The minimum Gasteiger partial charge on any atom is -0.744 e. The summed E-state index contributed by atoms with van der Waals surface area (Å²) in [6, 6.07) is 5.43. The van der Waals surface area contributed by atoms with Crippen LogP contribution in [0, 0.1) is 0 Å². The van der Waals surface area contributed by atoms with Gasteiger partial charge in [-0.15, -0.1) is 0 Å². The molecule has 78 valence electrons. The maximum absolute atomic E-state index is 10.6. The summed E-state index contributed by atoms with van der Waals surface area (Å²) in [5.74, 6) is 0.569. The first-order valence-electron chi connectivity index (χ1n) is 4.23. The topological polar surface area (TPSA) is 66.4 Å². The van der Waals surface area contributed by atoms with E-state index in [0.29, 0.717) is 12.4 Å². The summed E-state index contributed by atoms with van der Waals surface area (Å²) in [5, 5.41) is 0. The molecule has 0 amide bonds. The predicted molar refractivity (Wildman–Crippen MR) is 50.2 cm³/mol. The molecule has 0 saturated carbocycles. The van der Waals surface area contributed by atoms with Crippen LogP contribution in [0.5, 0.6) is 5.75 Å². The molecular weight excluding hydrogens is 227 g/mol. The van der Waals surface area contributed by atoms with Crippen molar-refractivity contribution in [1.82, 2.24) is 0 Å². The van der Waals surface area contributed by atoms with Gasteiger partial charge >= 0.3 is 29.6 Å². The molecule has 0 spiro atoms. The van der Waals surface area contributed by atoms with Crippen LogP contribution >= 0.6 is 0 Å². The van der Waals surface area contributed by atoms with Crippen LogP contribution in [0.15, 0.2) is 29.2 Å². The second kappa shape index (κ2) is 6.50. The number of ether oxygens (including phenoxy) is 1. The zero-order chi connectivity index (χ0) is 10.6. The van der Waals surface area contributed by atoms with Gasteiger partial charge in [0, 0.05) is 0 Å². The molecule has 0 saturated heterocycles. The summed E-state index contributed by atoms with van der Waals surface area (Å²) in [7, 11) is -4.35. The number of hydrogen-bond acceptors (Lipinski definition) is 4. The van der Waals surface area contributed by atoms with Gasteiger partial charge in [-0.1, -0.05) is 6.92 Å². The van der Waals surface area contributed by atoms with Crippen LogP contribution in [0.2, 0.25) is 0 Å². The average molecular weight is 238 g/mol. The molecule has 0 aromatic heterocycles. The van der Waals surface area contributed by atoms with Crippen LogP contribution in [-0.2, 0) is 10.1 Å². The van der Waals surface area contributed by atoms with Crippen LogP contribution in [0.25, 0.3) is 0 Å². The van der Waals surface area contributed by atoms with E-state index in [1.54, 1.807) is 0 Å². The second-order valence-corrected chi connectivity index (χ2v) is 4.15. The summed E-state index contributed by atoms with van der Waals surface area (Å²) in [6.45, 7) is 2.54. The van der Waals surface area contributed by atoms with Crippen molar-refractivity contribution in [2.24, 2.45) is 0 Å². The Bertz CT molecular complexity index is 385. The molecule has 1 rings (SSSR count). The number of hydrogen-bond donors (Lipinski definition) is 0. The Labute approximate surface area is 112 Å². The van der Waals surface area contributed by atoms with Crippen molar-refractivity contribution in [2.75, 3.05) is 6.61 Å². The third-order valence-electron chi connectivity index (χ3n) is 1.59. The molecule has 0 fully saturated rings. The van der Waals surface area contributed by atoms with E-state index in [9.17, 15) is 13.0 Å². The number of benzene rings is 1. The summed E-state index contributed by atoms with van der Waals surface area (Å²) < 4.78 is 36.9. The van der Waals surface area contributed by atoms with Crippen molar-refractivity contribution in [2.45, 2.75) is 18.2 Å². The van der Waals surface area contributed by atoms with Crippen LogP contribution in [0.4, 0.5) is 0 Å². The van der Waals surface area contributed by atoms with Crippen LogP contribution in [0.3, 0.4) is 0 Å². The second-order valence-electron chi connectivity index (χ2n) is 2.77. The van der Waals surface area contributed by atoms with Crippen LogP contribution in [0.1, 0.15) is 13.3 Å². The van der Waals surface area contributed by atoms with E-state index in [0.717, 1.165) is 6.42 Å². The van der Waals surface area contributed by atoms with Gasteiger partial charge in [0.1, 0.15) is 15.9 Å². The quantitative estimate of drug-likeness (QED) is 0.467. The first-order chi connectivity index (χ1) is 6.54. The normalized spacial score (nSPS) is 10.5. The predicted octanol–water partition coefficient (Wildman–Crippen LogP) is -1.62. The zero-order valence-electron chi connectivity index (χ0n) is 8.76. The van der Waals surface area contributed by atoms with E-state index in [2.05, 4.69) is 0 Å². The fourth-order valence-corrected chi connectivity index (χ4v) is 1.39. The van der Waals surface area contributed by atoms with Crippen LogP contribution < -0.4 is 34.3 Å². The molecule has 0 aliphatic carbocycles.